The minimum absolute atomic E-state index is 0.0236. The highest BCUT2D eigenvalue weighted by Crippen LogP contribution is 2.29. The number of likely N-dealkylation sites (tertiary alicyclic amines) is 1. The van der Waals surface area contributed by atoms with Gasteiger partial charge < -0.3 is 24.8 Å². The lowest BCUT2D eigenvalue weighted by atomic mass is 9.87. The Morgan fingerprint density at radius 3 is 2.12 bits per heavy atom. The molecule has 0 radical (unpaired) electrons. The van der Waals surface area contributed by atoms with E-state index in [2.05, 4.69) is 5.32 Å². The summed E-state index contributed by atoms with van der Waals surface area (Å²) < 4.78 is 65.0. The smallest absolute Gasteiger partial charge is 0.307 e. The zero-order valence-electron chi connectivity index (χ0n) is 22.9. The van der Waals surface area contributed by atoms with Gasteiger partial charge in [-0.15, -0.1) is 0 Å². The molecule has 0 spiro atoms. The fourth-order valence-electron chi connectivity index (χ4n) is 5.01. The molecule has 2 aliphatic rings. The van der Waals surface area contributed by atoms with Gasteiger partial charge in [-0.1, -0.05) is 33.1 Å². The van der Waals surface area contributed by atoms with E-state index in [4.69, 9.17) is 9.47 Å². The number of carbonyl (C=O) groups is 3. The molecule has 8 nitrogen and oxygen atoms in total. The predicted octanol–water partition coefficient (Wildman–Crippen LogP) is 3.88. The van der Waals surface area contributed by atoms with Gasteiger partial charge in [0, 0.05) is 31.0 Å². The molecule has 1 aromatic rings. The van der Waals surface area contributed by atoms with Crippen molar-refractivity contribution in [2.45, 2.75) is 77.4 Å². The Morgan fingerprint density at radius 2 is 1.55 bits per heavy atom. The van der Waals surface area contributed by atoms with Gasteiger partial charge in [0.15, 0.2) is 17.4 Å². The standard InChI is InChI=1S/C28H38F4N2O6/c1-16(2)14-39-23(36)13-21(22(35)15-40-26-24(31)19(29)12-20(30)25(26)32)33-27(37)17-8-10-34(11-9-17)28(38)18-6-4-3-5-7-18/h12,16-18,21-22,35H,3-11,13-15H2,1-2H3,(H,33,37)/t21-,22?/m0/s1. The van der Waals surface area contributed by atoms with E-state index in [0.29, 0.717) is 25.9 Å². The predicted molar refractivity (Wildman–Crippen MR) is 136 cm³/mol. The van der Waals surface area contributed by atoms with Crippen molar-refractivity contribution in [3.05, 3.63) is 29.3 Å². The summed E-state index contributed by atoms with van der Waals surface area (Å²) in [6, 6.07) is -1.26. The number of hydrogen-bond acceptors (Lipinski definition) is 6. The zero-order valence-corrected chi connectivity index (χ0v) is 22.9. The van der Waals surface area contributed by atoms with E-state index in [1.165, 1.54) is 0 Å². The van der Waals surface area contributed by atoms with Gasteiger partial charge in [-0.25, -0.2) is 8.78 Å². The third-order valence-electron chi connectivity index (χ3n) is 7.36. The lowest BCUT2D eigenvalue weighted by molar-refractivity contribution is -0.147. The van der Waals surface area contributed by atoms with E-state index < -0.39 is 72.0 Å². The lowest BCUT2D eigenvalue weighted by Gasteiger charge is -2.35. The molecule has 1 heterocycles. The average Bonchev–Trinajstić information content (AvgIpc) is 2.94. The maximum Gasteiger partial charge on any atom is 0.307 e. The van der Waals surface area contributed by atoms with Crippen molar-refractivity contribution in [3.63, 3.8) is 0 Å². The number of aliphatic hydroxyl groups is 1. The van der Waals surface area contributed by atoms with Crippen LogP contribution in [0.1, 0.15) is 65.2 Å². The van der Waals surface area contributed by atoms with Crippen LogP contribution < -0.4 is 10.1 Å². The van der Waals surface area contributed by atoms with E-state index in [1.54, 1.807) is 4.90 Å². The van der Waals surface area contributed by atoms with Crippen molar-refractivity contribution < 1.29 is 46.5 Å². The molecule has 0 bridgehead atoms. The number of nitrogens with one attached hydrogen (secondary N) is 1. The molecule has 12 heteroatoms. The summed E-state index contributed by atoms with van der Waals surface area (Å²) >= 11 is 0. The molecule has 40 heavy (non-hydrogen) atoms. The monoisotopic (exact) mass is 574 g/mol. The Kier molecular flexibility index (Phi) is 11.6. The van der Waals surface area contributed by atoms with Crippen LogP contribution in [0.3, 0.4) is 0 Å². The molecule has 0 aromatic heterocycles. The molecule has 3 rings (SSSR count). The molecular weight excluding hydrogens is 536 g/mol. The van der Waals surface area contributed by atoms with Gasteiger partial charge in [0.1, 0.15) is 12.7 Å². The number of nitrogens with zero attached hydrogens (tertiary/aromatic N) is 1. The van der Waals surface area contributed by atoms with E-state index in [-0.39, 0.29) is 30.4 Å². The van der Waals surface area contributed by atoms with Crippen molar-refractivity contribution in [3.8, 4) is 5.75 Å². The first-order valence-corrected chi connectivity index (χ1v) is 13.9. The number of ether oxygens (including phenoxy) is 2. The number of aliphatic hydroxyl groups excluding tert-OH is 1. The zero-order chi connectivity index (χ0) is 29.4. The molecule has 224 valence electrons. The quantitative estimate of drug-likeness (QED) is 0.236. The fourth-order valence-corrected chi connectivity index (χ4v) is 5.01. The van der Waals surface area contributed by atoms with Gasteiger partial charge in [-0.05, 0) is 31.6 Å². The second-order valence-electron chi connectivity index (χ2n) is 11.0. The molecule has 2 amide bonds. The van der Waals surface area contributed by atoms with Gasteiger partial charge in [0.25, 0.3) is 0 Å². The maximum absolute atomic E-state index is 14.0. The number of hydrogen-bond donors (Lipinski definition) is 2. The van der Waals surface area contributed by atoms with Crippen LogP contribution in [0.4, 0.5) is 17.6 Å². The van der Waals surface area contributed by atoms with E-state index in [0.717, 1.165) is 32.1 Å². The molecule has 1 saturated heterocycles. The highest BCUT2D eigenvalue weighted by Gasteiger charge is 2.34. The average molecular weight is 575 g/mol. The van der Waals surface area contributed by atoms with Crippen LogP contribution in [-0.4, -0.2) is 66.2 Å². The molecule has 1 aromatic carbocycles. The number of amides is 2. The van der Waals surface area contributed by atoms with Crippen molar-refractivity contribution in [1.29, 1.82) is 0 Å². The van der Waals surface area contributed by atoms with Crippen LogP contribution in [0.15, 0.2) is 6.07 Å². The summed E-state index contributed by atoms with van der Waals surface area (Å²) in [7, 11) is 0. The first kappa shape index (κ1) is 31.6. The summed E-state index contributed by atoms with van der Waals surface area (Å²) in [6.45, 7) is 3.67. The van der Waals surface area contributed by atoms with Crippen LogP contribution in [-0.2, 0) is 19.1 Å². The third kappa shape index (κ3) is 8.55. The number of piperidine rings is 1. The first-order valence-electron chi connectivity index (χ1n) is 13.9. The van der Waals surface area contributed by atoms with Crippen LogP contribution in [0, 0.1) is 41.0 Å². The number of halogens is 4. The van der Waals surface area contributed by atoms with E-state index >= 15 is 0 Å². The van der Waals surface area contributed by atoms with Gasteiger partial charge in [-0.2, -0.15) is 8.78 Å². The summed E-state index contributed by atoms with van der Waals surface area (Å²) in [5, 5.41) is 13.3. The molecule has 1 aliphatic carbocycles. The fraction of sp³-hybridized carbons (Fsp3) is 0.679. The largest absolute Gasteiger partial charge is 0.485 e. The van der Waals surface area contributed by atoms with E-state index in [1.807, 2.05) is 13.8 Å². The summed E-state index contributed by atoms with van der Waals surface area (Å²) in [4.78, 5) is 40.1. The minimum Gasteiger partial charge on any atom is -0.485 e. The topological polar surface area (TPSA) is 105 Å². The number of carbonyl (C=O) groups excluding carboxylic acids is 3. The SMILES string of the molecule is CC(C)COC(=O)C[C@H](NC(=O)C1CCN(C(=O)C2CCCCC2)CC1)C(O)COc1c(F)c(F)cc(F)c1F. The van der Waals surface area contributed by atoms with Gasteiger partial charge in [-0.3, -0.25) is 14.4 Å². The summed E-state index contributed by atoms with van der Waals surface area (Å²) in [6.07, 6.45) is 3.58. The molecule has 1 saturated carbocycles. The molecule has 2 atom stereocenters. The highest BCUT2D eigenvalue weighted by atomic mass is 19.2. The number of benzene rings is 1. The van der Waals surface area contributed by atoms with Crippen LogP contribution >= 0.6 is 0 Å². The van der Waals surface area contributed by atoms with Gasteiger partial charge in [0.2, 0.25) is 23.4 Å². The minimum atomic E-state index is -1.78. The maximum atomic E-state index is 14.0. The van der Waals surface area contributed by atoms with Crippen LogP contribution in [0.2, 0.25) is 0 Å². The van der Waals surface area contributed by atoms with Gasteiger partial charge in [0.05, 0.1) is 19.1 Å². The first-order chi connectivity index (χ1) is 19.0. The Labute approximate surface area is 231 Å². The Hall–Kier alpha value is -2.89. The van der Waals surface area contributed by atoms with Crippen molar-refractivity contribution >= 4 is 17.8 Å². The second-order valence-corrected chi connectivity index (χ2v) is 11.0. The second kappa shape index (κ2) is 14.7. The lowest BCUT2D eigenvalue weighted by Crippen LogP contribution is -2.51. The van der Waals surface area contributed by atoms with E-state index in [9.17, 15) is 37.1 Å². The Morgan fingerprint density at radius 1 is 0.950 bits per heavy atom. The van der Waals surface area contributed by atoms with Crippen LogP contribution in [0.25, 0.3) is 0 Å². The van der Waals surface area contributed by atoms with Crippen molar-refractivity contribution in [2.75, 3.05) is 26.3 Å². The molecule has 2 N–H and O–H groups in total. The molecule has 1 unspecified atom stereocenters. The van der Waals surface area contributed by atoms with Crippen molar-refractivity contribution in [1.82, 2.24) is 10.2 Å². The van der Waals surface area contributed by atoms with Crippen molar-refractivity contribution in [2.24, 2.45) is 17.8 Å². The summed E-state index contributed by atoms with van der Waals surface area (Å²) in [5.74, 6) is -9.82. The number of rotatable bonds is 11. The Bertz CT molecular complexity index is 1020. The summed E-state index contributed by atoms with van der Waals surface area (Å²) in [5.41, 5.74) is 0. The molecular formula is C28H38F4N2O6. The Balaban J connectivity index is 1.62. The number of esters is 1. The highest BCUT2D eigenvalue weighted by molar-refractivity contribution is 5.82. The molecule has 2 fully saturated rings. The third-order valence-corrected chi connectivity index (χ3v) is 7.36. The normalized spacial score (nSPS) is 18.4. The van der Waals surface area contributed by atoms with Gasteiger partial charge >= 0.3 is 5.97 Å². The van der Waals surface area contributed by atoms with Crippen LogP contribution in [0.5, 0.6) is 5.75 Å². The molecule has 1 aliphatic heterocycles.